The molecule has 0 saturated heterocycles. The maximum Gasteiger partial charge on any atom is 0.160 e. The van der Waals surface area contributed by atoms with Crippen LogP contribution in [-0.2, 0) is 0 Å². The van der Waals surface area contributed by atoms with Gasteiger partial charge in [-0.3, -0.25) is 4.98 Å². The Kier molecular flexibility index (Phi) is 6.76. The molecule has 8 rings (SSSR count). The first-order valence-electron chi connectivity index (χ1n) is 15.6. The van der Waals surface area contributed by atoms with E-state index < -0.39 is 0 Å². The van der Waals surface area contributed by atoms with Gasteiger partial charge >= 0.3 is 0 Å². The molecule has 0 aliphatic heterocycles. The van der Waals surface area contributed by atoms with Gasteiger partial charge in [-0.1, -0.05) is 90.0 Å². The van der Waals surface area contributed by atoms with Gasteiger partial charge in [-0.15, -0.1) is 0 Å². The molecule has 0 aliphatic rings. The number of aromatic nitrogens is 4. The van der Waals surface area contributed by atoms with Gasteiger partial charge in [-0.25, -0.2) is 9.97 Å². The lowest BCUT2D eigenvalue weighted by molar-refractivity contribution is 1.14. The van der Waals surface area contributed by atoms with Crippen molar-refractivity contribution in [1.29, 1.82) is 0 Å². The lowest BCUT2D eigenvalue weighted by Gasteiger charge is -2.14. The number of hydrogen-bond acceptors (Lipinski definition) is 3. The highest BCUT2D eigenvalue weighted by Crippen LogP contribution is 2.36. The minimum Gasteiger partial charge on any atom is -0.309 e. The first kappa shape index (κ1) is 27.7. The molecule has 46 heavy (non-hydrogen) atoms. The monoisotopic (exact) mass is 592 g/mol. The van der Waals surface area contributed by atoms with Crippen LogP contribution in [-0.4, -0.2) is 19.5 Å². The van der Waals surface area contributed by atoms with E-state index in [1.165, 1.54) is 44.2 Å². The molecular formula is C42H32N4. The SMILES string of the molecule is Cc1ccc2c(c1)c1cc(C)ccc1n2-c1ccc(-c2cc(-c3ccc(-c4ccccn4)cc3)nc(-c3ccccc3)n2)cc1C. The Morgan fingerprint density at radius 2 is 1.04 bits per heavy atom. The van der Waals surface area contributed by atoms with Crippen molar-refractivity contribution in [2.45, 2.75) is 20.8 Å². The molecule has 4 heteroatoms. The summed E-state index contributed by atoms with van der Waals surface area (Å²) >= 11 is 0. The molecule has 8 aromatic rings. The van der Waals surface area contributed by atoms with Crippen molar-refractivity contribution in [3.8, 4) is 50.8 Å². The van der Waals surface area contributed by atoms with E-state index in [1.54, 1.807) is 0 Å². The Labute approximate surface area is 268 Å². The highest BCUT2D eigenvalue weighted by molar-refractivity contribution is 6.09. The van der Waals surface area contributed by atoms with Crippen molar-refractivity contribution in [3.63, 3.8) is 0 Å². The molecule has 220 valence electrons. The van der Waals surface area contributed by atoms with Crippen molar-refractivity contribution in [1.82, 2.24) is 19.5 Å². The Balaban J connectivity index is 1.25. The topological polar surface area (TPSA) is 43.6 Å². The summed E-state index contributed by atoms with van der Waals surface area (Å²) < 4.78 is 2.40. The quantitative estimate of drug-likeness (QED) is 0.200. The van der Waals surface area contributed by atoms with Crippen LogP contribution in [0.5, 0.6) is 0 Å². The van der Waals surface area contributed by atoms with Crippen LogP contribution in [0.2, 0.25) is 0 Å². The van der Waals surface area contributed by atoms with Gasteiger partial charge in [0.15, 0.2) is 5.82 Å². The third kappa shape index (κ3) is 4.94. The van der Waals surface area contributed by atoms with Crippen LogP contribution in [0.25, 0.3) is 72.7 Å². The van der Waals surface area contributed by atoms with E-state index in [9.17, 15) is 0 Å². The van der Waals surface area contributed by atoms with Crippen LogP contribution in [0.1, 0.15) is 16.7 Å². The third-order valence-corrected chi connectivity index (χ3v) is 8.71. The molecule has 3 aromatic heterocycles. The lowest BCUT2D eigenvalue weighted by atomic mass is 10.0. The molecule has 4 nitrogen and oxygen atoms in total. The van der Waals surface area contributed by atoms with Gasteiger partial charge in [0.05, 0.1) is 28.1 Å². The molecule has 5 aromatic carbocycles. The van der Waals surface area contributed by atoms with Gasteiger partial charge in [0.2, 0.25) is 0 Å². The smallest absolute Gasteiger partial charge is 0.160 e. The van der Waals surface area contributed by atoms with E-state index in [4.69, 9.17) is 9.97 Å². The molecule has 0 unspecified atom stereocenters. The largest absolute Gasteiger partial charge is 0.309 e. The molecule has 0 spiro atoms. The van der Waals surface area contributed by atoms with Crippen LogP contribution in [0.3, 0.4) is 0 Å². The summed E-state index contributed by atoms with van der Waals surface area (Å²) in [5.74, 6) is 0.705. The predicted molar refractivity (Wildman–Crippen MR) is 190 cm³/mol. The summed E-state index contributed by atoms with van der Waals surface area (Å²) in [4.78, 5) is 14.6. The van der Waals surface area contributed by atoms with Crippen LogP contribution in [0.4, 0.5) is 0 Å². The molecule has 0 bridgehead atoms. The van der Waals surface area contributed by atoms with Crippen molar-refractivity contribution >= 4 is 21.8 Å². The molecule has 0 saturated carbocycles. The van der Waals surface area contributed by atoms with Gasteiger partial charge in [0, 0.05) is 44.9 Å². The minimum atomic E-state index is 0.705. The summed E-state index contributed by atoms with van der Waals surface area (Å²) in [5.41, 5.74) is 14.2. The second-order valence-corrected chi connectivity index (χ2v) is 12.0. The zero-order chi connectivity index (χ0) is 31.2. The number of fused-ring (bicyclic) bond motifs is 3. The number of nitrogens with zero attached hydrogens (tertiary/aromatic N) is 4. The molecule has 3 heterocycles. The molecule has 0 radical (unpaired) electrons. The summed E-state index contributed by atoms with van der Waals surface area (Å²) in [5, 5.41) is 2.56. The molecular weight excluding hydrogens is 560 g/mol. The summed E-state index contributed by atoms with van der Waals surface area (Å²) in [6.07, 6.45) is 1.82. The number of benzene rings is 5. The second kappa shape index (κ2) is 11.2. The molecule has 0 atom stereocenters. The van der Waals surface area contributed by atoms with Crippen molar-refractivity contribution in [3.05, 3.63) is 156 Å². The van der Waals surface area contributed by atoms with E-state index in [-0.39, 0.29) is 0 Å². The highest BCUT2D eigenvalue weighted by atomic mass is 15.0. The fourth-order valence-corrected chi connectivity index (χ4v) is 6.38. The third-order valence-electron chi connectivity index (χ3n) is 8.71. The van der Waals surface area contributed by atoms with Gasteiger partial charge < -0.3 is 4.57 Å². The van der Waals surface area contributed by atoms with E-state index in [0.717, 1.165) is 39.3 Å². The van der Waals surface area contributed by atoms with Gasteiger partial charge in [-0.05, 0) is 80.9 Å². The highest BCUT2D eigenvalue weighted by Gasteiger charge is 2.16. The summed E-state index contributed by atoms with van der Waals surface area (Å²) in [6.45, 7) is 6.51. The van der Waals surface area contributed by atoms with Crippen LogP contribution < -0.4 is 0 Å². The van der Waals surface area contributed by atoms with Gasteiger partial charge in [-0.2, -0.15) is 0 Å². The number of pyridine rings is 1. The molecule has 0 fully saturated rings. The maximum atomic E-state index is 5.09. The summed E-state index contributed by atoms with van der Waals surface area (Å²) in [7, 11) is 0. The Morgan fingerprint density at radius 1 is 0.457 bits per heavy atom. The molecule has 0 aliphatic carbocycles. The molecule has 0 amide bonds. The first-order chi connectivity index (χ1) is 22.5. The number of hydrogen-bond donors (Lipinski definition) is 0. The average molecular weight is 593 g/mol. The van der Waals surface area contributed by atoms with Crippen LogP contribution >= 0.6 is 0 Å². The van der Waals surface area contributed by atoms with Crippen molar-refractivity contribution in [2.75, 3.05) is 0 Å². The van der Waals surface area contributed by atoms with Gasteiger partial charge in [0.25, 0.3) is 0 Å². The zero-order valence-corrected chi connectivity index (χ0v) is 26.1. The number of aryl methyl sites for hydroxylation is 3. The van der Waals surface area contributed by atoms with E-state index >= 15 is 0 Å². The Bertz CT molecular complexity index is 2310. The van der Waals surface area contributed by atoms with Crippen LogP contribution in [0.15, 0.2) is 140 Å². The molecule has 0 N–H and O–H groups in total. The lowest BCUT2D eigenvalue weighted by Crippen LogP contribution is -1.99. The van der Waals surface area contributed by atoms with E-state index in [0.29, 0.717) is 5.82 Å². The second-order valence-electron chi connectivity index (χ2n) is 12.0. The average Bonchev–Trinajstić information content (AvgIpc) is 3.41. The van der Waals surface area contributed by atoms with E-state index in [1.807, 2.05) is 42.6 Å². The van der Waals surface area contributed by atoms with Crippen LogP contribution in [0, 0.1) is 20.8 Å². The Hall–Kier alpha value is -5.87. The standard InChI is InChI=1S/C42H32N4/c1-27-12-19-40-34(23-27)35-24-28(2)13-20-41(35)46(40)39-21-18-33(25-29(39)3)38-26-37(44-42(45-38)32-9-5-4-6-10-32)31-16-14-30(15-17-31)36-11-7-8-22-43-36/h4-26H,1-3H3. The zero-order valence-electron chi connectivity index (χ0n) is 26.1. The predicted octanol–water partition coefficient (Wildman–Crippen LogP) is 10.6. The summed E-state index contributed by atoms with van der Waals surface area (Å²) in [6, 6.07) is 46.9. The fourth-order valence-electron chi connectivity index (χ4n) is 6.38. The Morgan fingerprint density at radius 3 is 1.65 bits per heavy atom. The minimum absolute atomic E-state index is 0.705. The van der Waals surface area contributed by atoms with Crippen molar-refractivity contribution in [2.24, 2.45) is 0 Å². The van der Waals surface area contributed by atoms with Crippen molar-refractivity contribution < 1.29 is 0 Å². The number of rotatable bonds is 5. The first-order valence-corrected chi connectivity index (χ1v) is 15.6. The fraction of sp³-hybridized carbons (Fsp3) is 0.0714. The van der Waals surface area contributed by atoms with E-state index in [2.05, 4.69) is 127 Å². The normalized spacial score (nSPS) is 11.4. The maximum absolute atomic E-state index is 5.09. The van der Waals surface area contributed by atoms with Gasteiger partial charge in [0.1, 0.15) is 0 Å².